The summed E-state index contributed by atoms with van der Waals surface area (Å²) in [5, 5.41) is -2.28. The van der Waals surface area contributed by atoms with Crippen LogP contribution in [0.4, 0.5) is 4.39 Å². The van der Waals surface area contributed by atoms with Gasteiger partial charge in [-0.15, -0.1) is 0 Å². The Hall–Kier alpha value is -0.110. The molecular weight excluding hydrogens is 69.0 g/mol. The number of quaternary nitrogens is 1. The van der Waals surface area contributed by atoms with Gasteiger partial charge in [-0.25, -0.2) is 4.39 Å². The summed E-state index contributed by atoms with van der Waals surface area (Å²) in [6, 6.07) is 0. The molecule has 1 aliphatic rings. The minimum absolute atomic E-state index is 2.28. The van der Waals surface area contributed by atoms with Crippen molar-refractivity contribution >= 4 is 0 Å². The summed E-state index contributed by atoms with van der Waals surface area (Å²) in [7, 11) is 0. The molecule has 2 N–H and O–H groups in total. The van der Waals surface area contributed by atoms with Crippen LogP contribution in [0.15, 0.2) is 0 Å². The predicted octanol–water partition coefficient (Wildman–Crippen LogP) is -1.10. The molecule has 1 nitrogen and oxygen atoms in total. The van der Waals surface area contributed by atoms with Crippen molar-refractivity contribution in [2.24, 2.45) is 0 Å². The van der Waals surface area contributed by atoms with Crippen molar-refractivity contribution in [3.05, 3.63) is 0 Å². The van der Waals surface area contributed by atoms with Gasteiger partial charge in [-0.3, -0.25) is 0 Å². The third-order valence-electron chi connectivity index (χ3n) is 0.308. The van der Waals surface area contributed by atoms with Gasteiger partial charge in [-0.2, -0.15) is 0 Å². The summed E-state index contributed by atoms with van der Waals surface area (Å²) in [5.41, 5.74) is 0. The lowest BCUT2D eigenvalue weighted by molar-refractivity contribution is -0.718. The Kier molecular flexibility index (Phi) is 0.0980. The Bertz CT molecular complexity index is 159. The molecule has 0 spiro atoms. The summed E-state index contributed by atoms with van der Waals surface area (Å²) >= 11 is 0. The molecule has 0 aromatic heterocycles. The largest absolute Gasteiger partial charge is 0.346 e. The molecule has 1 fully saturated rings. The second-order valence-electron chi connectivity index (χ2n) is 0.649. The molecule has 0 radical (unpaired) electrons. The molecular formula is C3H7FN+. The van der Waals surface area contributed by atoms with E-state index in [1.54, 1.807) is 0 Å². The summed E-state index contributed by atoms with van der Waals surface area (Å²) in [6.07, 6.45) is -3.54. The lowest BCUT2D eigenvalue weighted by Gasteiger charge is -2.12. The van der Waals surface area contributed by atoms with Gasteiger partial charge in [0.05, 0.1) is 6.85 Å². The average molecular weight is 83.1 g/mol. The molecule has 1 rings (SSSR count). The van der Waals surface area contributed by atoms with Crippen LogP contribution in [-0.2, 0) is 0 Å². The van der Waals surface area contributed by atoms with E-state index in [4.69, 9.17) is 9.68 Å². The van der Waals surface area contributed by atoms with Crippen LogP contribution in [0, 0.1) is 0 Å². The molecule has 0 bridgehead atoms. The van der Waals surface area contributed by atoms with E-state index in [-0.39, 0.29) is 0 Å². The van der Waals surface area contributed by atoms with Crippen LogP contribution in [0.2, 0.25) is 2.82 Å². The molecule has 30 valence electrons. The third kappa shape index (κ3) is 0.401. The summed E-state index contributed by atoms with van der Waals surface area (Å²) in [5.74, 6) is 0. The minimum Gasteiger partial charge on any atom is -0.341 e. The fraction of sp³-hybridized carbons (Fsp3) is 1.00. The van der Waals surface area contributed by atoms with Crippen LogP contribution in [0.25, 0.3) is 0 Å². The number of hydrogen-bond acceptors (Lipinski definition) is 0. The zero-order valence-electron chi connectivity index (χ0n) is 9.33. The van der Waals surface area contributed by atoms with Gasteiger partial charge in [0.25, 0.3) is 0 Å². The highest BCUT2D eigenvalue weighted by Crippen LogP contribution is 1.83. The molecule has 0 aromatic carbocycles. The number of rotatable bonds is 0. The van der Waals surface area contributed by atoms with E-state index in [9.17, 15) is 4.39 Å². The smallest absolute Gasteiger partial charge is 0.341 e. The maximum absolute atomic E-state index is 12.9. The number of nitrogens with two attached hydrogens (primary N) is 1. The van der Waals surface area contributed by atoms with E-state index in [1.165, 1.54) is 0 Å². The highest BCUT2D eigenvalue weighted by molar-refractivity contribution is 4.53. The maximum Gasteiger partial charge on any atom is 0.346 e. The van der Waals surface area contributed by atoms with Crippen LogP contribution < -0.4 is 5.30 Å². The van der Waals surface area contributed by atoms with Crippen molar-refractivity contribution in [3.8, 4) is 0 Å². The Morgan fingerprint density at radius 2 is 3.00 bits per heavy atom. The molecule has 0 aromatic rings. The van der Waals surface area contributed by atoms with E-state index in [0.717, 1.165) is 0 Å². The van der Waals surface area contributed by atoms with Gasteiger partial charge in [-0.05, 0) is 0 Å². The molecule has 0 saturated carbocycles. The Labute approximate surface area is 40.1 Å². The van der Waals surface area contributed by atoms with Crippen molar-refractivity contribution in [3.63, 3.8) is 0 Å². The Morgan fingerprint density at radius 3 is 3.20 bits per heavy atom. The average Bonchev–Trinajstić information content (AvgIpc) is 1.84. The fourth-order valence-electron chi connectivity index (χ4n) is 0.0982. The number of alkyl halides is 1. The topological polar surface area (TPSA) is 16.6 Å². The first kappa shape index (κ1) is 0.523. The van der Waals surface area contributed by atoms with E-state index in [2.05, 4.69) is 0 Å². The first-order valence-electron chi connectivity index (χ1n) is 4.53. The van der Waals surface area contributed by atoms with Crippen LogP contribution in [0.5, 0.6) is 0 Å². The SMILES string of the molecule is [2H]C1(F)C([2H])([2H])[N+]([2H])([2H])C1([2H])[2H]. The lowest BCUT2D eigenvalue weighted by Crippen LogP contribution is -2.97. The number of halogens is 1. The summed E-state index contributed by atoms with van der Waals surface area (Å²) < 4.78 is 60.4. The van der Waals surface area contributed by atoms with E-state index >= 15 is 0 Å². The quantitative estimate of drug-likeness (QED) is 0.383. The third-order valence-corrected chi connectivity index (χ3v) is 0.308. The van der Waals surface area contributed by atoms with E-state index < -0.39 is 24.4 Å². The van der Waals surface area contributed by atoms with Gasteiger partial charge >= 0.3 is 2.82 Å². The molecule has 0 unspecified atom stereocenters. The van der Waals surface area contributed by atoms with Crippen LogP contribution in [-0.4, -0.2) is 19.1 Å². The second kappa shape index (κ2) is 0.937. The molecule has 0 amide bonds. The predicted molar refractivity (Wildman–Crippen MR) is 16.6 cm³/mol. The maximum atomic E-state index is 12.9. The zero-order valence-corrected chi connectivity index (χ0v) is 2.33. The van der Waals surface area contributed by atoms with Crippen LogP contribution in [0.1, 0.15) is 6.85 Å². The highest BCUT2D eigenvalue weighted by atomic mass is 19.1. The van der Waals surface area contributed by atoms with Gasteiger partial charge in [0.15, 0.2) is 6.15 Å². The molecule has 1 heterocycles. The first-order chi connectivity index (χ1) is 5.00. The van der Waals surface area contributed by atoms with Crippen molar-refractivity contribution in [2.75, 3.05) is 13.0 Å². The highest BCUT2D eigenvalue weighted by Gasteiger charge is 2.18. The molecule has 5 heavy (non-hydrogen) atoms. The van der Waals surface area contributed by atoms with Gasteiger partial charge < -0.3 is 5.30 Å². The second-order valence-corrected chi connectivity index (χ2v) is 0.649. The standard InChI is InChI=1S/C3H6FN/c4-3-1-5-2-3/h3,5H,1-2H2/p+1/i1D2,2D2,3D/hD2. The monoisotopic (exact) mass is 83.1 g/mol. The Balaban J connectivity index is 3.16. The van der Waals surface area contributed by atoms with Crippen LogP contribution in [0.3, 0.4) is 0 Å². The summed E-state index contributed by atoms with van der Waals surface area (Å²) in [6.45, 7) is -6.31. The van der Waals surface area contributed by atoms with Crippen molar-refractivity contribution in [1.29, 1.82) is 0 Å². The van der Waals surface area contributed by atoms with Crippen molar-refractivity contribution < 1.29 is 19.4 Å². The van der Waals surface area contributed by atoms with Crippen LogP contribution >= 0.6 is 0 Å². The first-order valence-corrected chi connectivity index (χ1v) is 1.14. The Morgan fingerprint density at radius 1 is 2.40 bits per heavy atom. The lowest BCUT2D eigenvalue weighted by atomic mass is 10.3. The molecule has 1 aliphatic heterocycles. The van der Waals surface area contributed by atoms with Gasteiger partial charge in [0.2, 0.25) is 0 Å². The van der Waals surface area contributed by atoms with E-state index in [0.29, 0.717) is 0 Å². The fourth-order valence-corrected chi connectivity index (χ4v) is 0.0982. The van der Waals surface area contributed by atoms with Gasteiger partial charge in [-0.1, -0.05) is 0 Å². The molecule has 1 saturated heterocycles. The van der Waals surface area contributed by atoms with Gasteiger partial charge in [0.1, 0.15) is 13.0 Å². The molecule has 2 heteroatoms. The molecule has 0 atom stereocenters. The normalized spacial score (nSPS) is 83.0. The van der Waals surface area contributed by atoms with Crippen molar-refractivity contribution in [1.82, 2.24) is 0 Å². The van der Waals surface area contributed by atoms with Crippen molar-refractivity contribution in [2.45, 2.75) is 6.15 Å². The number of hydrogen-bond donors (Lipinski definition) is 1. The van der Waals surface area contributed by atoms with E-state index in [1.807, 2.05) is 0 Å². The van der Waals surface area contributed by atoms with Gasteiger partial charge in [0, 0.05) is 0 Å². The molecule has 0 aliphatic carbocycles. The zero-order chi connectivity index (χ0) is 10.0. The summed E-state index contributed by atoms with van der Waals surface area (Å²) in [4.78, 5) is 0. The minimum atomic E-state index is -3.54.